The molecule has 1 fully saturated rings. The smallest absolute Gasteiger partial charge is 0.148 e. The average Bonchev–Trinajstić information content (AvgIpc) is 2.63. The lowest BCUT2D eigenvalue weighted by atomic mass is 9.80. The molecular weight excluding hydrogens is 210 g/mol. The predicted molar refractivity (Wildman–Crippen MR) is 60.8 cm³/mol. The molecule has 0 amide bonds. The summed E-state index contributed by atoms with van der Waals surface area (Å²) >= 11 is 5.84. The predicted octanol–water partition coefficient (Wildman–Crippen LogP) is 3.01. The largest absolute Gasteiger partial charge is 0.313 e. The van der Waals surface area contributed by atoms with Crippen LogP contribution in [0.3, 0.4) is 0 Å². The van der Waals surface area contributed by atoms with Crippen molar-refractivity contribution >= 4 is 11.6 Å². The van der Waals surface area contributed by atoms with Gasteiger partial charge in [0.2, 0.25) is 0 Å². The van der Waals surface area contributed by atoms with Crippen molar-refractivity contribution in [1.29, 1.82) is 0 Å². The summed E-state index contributed by atoms with van der Waals surface area (Å²) in [4.78, 5) is 0. The number of hydrogen-bond donors (Lipinski definition) is 0. The molecule has 0 spiro atoms. The first-order valence-corrected chi connectivity index (χ1v) is 6.18. The Morgan fingerprint density at radius 1 is 1.33 bits per heavy atom. The van der Waals surface area contributed by atoms with E-state index in [-0.39, 0.29) is 0 Å². The zero-order chi connectivity index (χ0) is 10.8. The first-order valence-electron chi connectivity index (χ1n) is 5.65. The Hall–Kier alpha value is -0.570. The van der Waals surface area contributed by atoms with Crippen LogP contribution in [-0.4, -0.2) is 14.8 Å². The quantitative estimate of drug-likeness (QED) is 0.728. The highest BCUT2D eigenvalue weighted by molar-refractivity contribution is 6.16. The van der Waals surface area contributed by atoms with Crippen molar-refractivity contribution in [2.45, 2.75) is 45.0 Å². The molecule has 0 radical (unpaired) electrons. The zero-order valence-corrected chi connectivity index (χ0v) is 10.1. The van der Waals surface area contributed by atoms with Crippen LogP contribution in [0.1, 0.15) is 45.0 Å². The fourth-order valence-corrected chi connectivity index (χ4v) is 2.99. The van der Waals surface area contributed by atoms with Crippen molar-refractivity contribution < 1.29 is 0 Å². The van der Waals surface area contributed by atoms with E-state index in [2.05, 4.69) is 28.6 Å². The Labute approximate surface area is 95.8 Å². The summed E-state index contributed by atoms with van der Waals surface area (Å²) in [6, 6.07) is 0.549. The number of alkyl halides is 1. The third-order valence-electron chi connectivity index (χ3n) is 3.31. The van der Waals surface area contributed by atoms with Crippen molar-refractivity contribution in [2.75, 3.05) is 0 Å². The van der Waals surface area contributed by atoms with Crippen molar-refractivity contribution in [2.24, 2.45) is 11.8 Å². The molecule has 1 aliphatic rings. The first kappa shape index (κ1) is 10.9. The highest BCUT2D eigenvalue weighted by Gasteiger charge is 2.26. The molecule has 0 saturated heterocycles. The summed E-state index contributed by atoms with van der Waals surface area (Å²) in [5.41, 5.74) is 0. The summed E-state index contributed by atoms with van der Waals surface area (Å²) < 4.78 is 2.17. The summed E-state index contributed by atoms with van der Waals surface area (Å²) in [7, 11) is 0. The second-order valence-corrected chi connectivity index (χ2v) is 5.13. The van der Waals surface area contributed by atoms with E-state index in [4.69, 9.17) is 11.6 Å². The van der Waals surface area contributed by atoms with Gasteiger partial charge in [-0.05, 0) is 31.1 Å². The van der Waals surface area contributed by atoms with Crippen LogP contribution < -0.4 is 0 Å². The van der Waals surface area contributed by atoms with Crippen LogP contribution in [0.5, 0.6) is 0 Å². The zero-order valence-electron chi connectivity index (χ0n) is 9.36. The molecule has 1 aromatic rings. The molecule has 3 nitrogen and oxygen atoms in total. The number of halogens is 1. The number of aromatic nitrogens is 3. The van der Waals surface area contributed by atoms with Crippen LogP contribution in [-0.2, 0) is 5.88 Å². The lowest BCUT2D eigenvalue weighted by Crippen LogP contribution is -2.23. The standard InChI is InChI=1S/C11H18ClN3/c1-8-3-9(2)5-10(4-8)15-7-13-14-11(15)6-12/h7-10H,3-6H2,1-2H3. The lowest BCUT2D eigenvalue weighted by molar-refractivity contribution is 0.219. The highest BCUT2D eigenvalue weighted by Crippen LogP contribution is 2.36. The van der Waals surface area contributed by atoms with Gasteiger partial charge >= 0.3 is 0 Å². The molecule has 0 aliphatic heterocycles. The molecule has 2 rings (SSSR count). The van der Waals surface area contributed by atoms with E-state index in [1.165, 1.54) is 19.3 Å². The third-order valence-corrected chi connectivity index (χ3v) is 3.55. The molecule has 0 aromatic carbocycles. The van der Waals surface area contributed by atoms with Gasteiger partial charge in [-0.3, -0.25) is 0 Å². The van der Waals surface area contributed by atoms with Gasteiger partial charge in [0.25, 0.3) is 0 Å². The second kappa shape index (κ2) is 4.52. The van der Waals surface area contributed by atoms with Gasteiger partial charge in [0, 0.05) is 6.04 Å². The number of hydrogen-bond acceptors (Lipinski definition) is 2. The van der Waals surface area contributed by atoms with Crippen LogP contribution in [0, 0.1) is 11.8 Å². The maximum Gasteiger partial charge on any atom is 0.148 e. The van der Waals surface area contributed by atoms with E-state index in [9.17, 15) is 0 Å². The van der Waals surface area contributed by atoms with E-state index >= 15 is 0 Å². The first-order chi connectivity index (χ1) is 7.20. The van der Waals surface area contributed by atoms with E-state index in [1.54, 1.807) is 0 Å². The molecule has 1 heterocycles. The highest BCUT2D eigenvalue weighted by atomic mass is 35.5. The minimum Gasteiger partial charge on any atom is -0.313 e. The number of rotatable bonds is 2. The van der Waals surface area contributed by atoms with Crippen molar-refractivity contribution in [3.63, 3.8) is 0 Å². The molecule has 15 heavy (non-hydrogen) atoms. The van der Waals surface area contributed by atoms with E-state index in [1.807, 2.05) is 6.33 Å². The summed E-state index contributed by atoms with van der Waals surface area (Å²) in [5.74, 6) is 2.95. The molecule has 0 N–H and O–H groups in total. The van der Waals surface area contributed by atoms with Gasteiger partial charge in [0.15, 0.2) is 0 Å². The Kier molecular flexibility index (Phi) is 3.29. The maximum atomic E-state index is 5.84. The fraction of sp³-hybridized carbons (Fsp3) is 0.818. The minimum absolute atomic E-state index is 0.458. The normalized spacial score (nSPS) is 31.8. The third kappa shape index (κ3) is 2.33. The van der Waals surface area contributed by atoms with Crippen LogP contribution in [0.15, 0.2) is 6.33 Å². The van der Waals surface area contributed by atoms with Gasteiger partial charge in [0.05, 0.1) is 5.88 Å². The molecule has 84 valence electrons. The summed E-state index contributed by atoms with van der Waals surface area (Å²) in [5, 5.41) is 7.99. The summed E-state index contributed by atoms with van der Waals surface area (Å²) in [6.45, 7) is 4.65. The van der Waals surface area contributed by atoms with Crippen molar-refractivity contribution in [1.82, 2.24) is 14.8 Å². The molecule has 4 heteroatoms. The van der Waals surface area contributed by atoms with Gasteiger partial charge < -0.3 is 4.57 Å². The number of nitrogens with zero attached hydrogens (tertiary/aromatic N) is 3. The maximum absolute atomic E-state index is 5.84. The van der Waals surface area contributed by atoms with Gasteiger partial charge in [-0.25, -0.2) is 0 Å². The Morgan fingerprint density at radius 2 is 2.00 bits per heavy atom. The van der Waals surface area contributed by atoms with Crippen molar-refractivity contribution in [3.8, 4) is 0 Å². The van der Waals surface area contributed by atoms with Crippen molar-refractivity contribution in [3.05, 3.63) is 12.2 Å². The van der Waals surface area contributed by atoms with E-state index in [0.29, 0.717) is 11.9 Å². The van der Waals surface area contributed by atoms with Crippen LogP contribution >= 0.6 is 11.6 Å². The Balaban J connectivity index is 2.16. The van der Waals surface area contributed by atoms with E-state index < -0.39 is 0 Å². The molecule has 2 unspecified atom stereocenters. The van der Waals surface area contributed by atoms with Crippen LogP contribution in [0.4, 0.5) is 0 Å². The Bertz CT molecular complexity index is 313. The molecule has 0 bridgehead atoms. The SMILES string of the molecule is CC1CC(C)CC(n2cnnc2CCl)C1. The molecule has 1 saturated carbocycles. The average molecular weight is 228 g/mol. The van der Waals surface area contributed by atoms with E-state index in [0.717, 1.165) is 17.7 Å². The monoisotopic (exact) mass is 227 g/mol. The minimum atomic E-state index is 0.458. The van der Waals surface area contributed by atoms with Gasteiger partial charge in [0.1, 0.15) is 12.2 Å². The Morgan fingerprint density at radius 3 is 2.60 bits per heavy atom. The van der Waals surface area contributed by atoms with Crippen LogP contribution in [0.25, 0.3) is 0 Å². The molecule has 1 aromatic heterocycles. The van der Waals surface area contributed by atoms with Gasteiger partial charge in [-0.2, -0.15) is 0 Å². The lowest BCUT2D eigenvalue weighted by Gasteiger charge is -2.32. The molecular formula is C11H18ClN3. The topological polar surface area (TPSA) is 30.7 Å². The van der Waals surface area contributed by atoms with Gasteiger partial charge in [-0.15, -0.1) is 21.8 Å². The second-order valence-electron chi connectivity index (χ2n) is 4.86. The van der Waals surface area contributed by atoms with Crippen LogP contribution in [0.2, 0.25) is 0 Å². The summed E-state index contributed by atoms with van der Waals surface area (Å²) in [6.07, 6.45) is 5.63. The van der Waals surface area contributed by atoms with Gasteiger partial charge in [-0.1, -0.05) is 13.8 Å². The molecule has 2 atom stereocenters. The fourth-order valence-electron chi connectivity index (χ4n) is 2.80. The molecule has 1 aliphatic carbocycles.